The molecule has 0 aromatic carbocycles. The third-order valence-corrected chi connectivity index (χ3v) is 5.18. The highest BCUT2D eigenvalue weighted by molar-refractivity contribution is 5.93. The highest BCUT2D eigenvalue weighted by Crippen LogP contribution is 2.41. The maximum Gasteiger partial charge on any atom is 0.219 e. The van der Waals surface area contributed by atoms with Crippen molar-refractivity contribution >= 4 is 11.7 Å². The standard InChI is InChI=1S/C18H21N3O2/c1-13(22)20-10-7-16-15(12-20)11-19-21(16)18(8-3-2-4-9-18)17(23)14-5-6-14/h2-4,8,11,14H,5-7,9-10,12H2,1H3. The number of carbonyl (C=O) groups is 2. The van der Waals surface area contributed by atoms with Crippen molar-refractivity contribution in [3.05, 3.63) is 41.8 Å². The van der Waals surface area contributed by atoms with E-state index in [4.69, 9.17) is 0 Å². The van der Waals surface area contributed by atoms with Gasteiger partial charge in [-0.25, -0.2) is 0 Å². The number of hydrogen-bond acceptors (Lipinski definition) is 3. The van der Waals surface area contributed by atoms with Crippen LogP contribution in [0.1, 0.15) is 37.4 Å². The SMILES string of the molecule is CC(=O)N1CCc2c(cnn2C2(C(=O)C3CC3)C=CC=CC2)C1. The van der Waals surface area contributed by atoms with Crippen LogP contribution in [0.25, 0.3) is 0 Å². The van der Waals surface area contributed by atoms with Crippen LogP contribution < -0.4 is 0 Å². The Morgan fingerprint density at radius 1 is 1.30 bits per heavy atom. The summed E-state index contributed by atoms with van der Waals surface area (Å²) in [4.78, 5) is 26.5. The predicted octanol–water partition coefficient (Wildman–Crippen LogP) is 1.98. The summed E-state index contributed by atoms with van der Waals surface area (Å²) < 4.78 is 1.94. The van der Waals surface area contributed by atoms with Gasteiger partial charge in [0.05, 0.1) is 6.20 Å². The number of Topliss-reactive ketones (excluding diaryl/α,β-unsaturated/α-hetero) is 1. The average Bonchev–Trinajstić information content (AvgIpc) is 3.33. The zero-order valence-electron chi connectivity index (χ0n) is 13.4. The molecule has 1 aromatic rings. The van der Waals surface area contributed by atoms with Gasteiger partial charge in [-0.3, -0.25) is 14.3 Å². The normalized spacial score (nSPS) is 26.2. The molecule has 1 atom stereocenters. The van der Waals surface area contributed by atoms with Crippen LogP contribution in [0.4, 0.5) is 0 Å². The van der Waals surface area contributed by atoms with Crippen LogP contribution in [-0.2, 0) is 28.1 Å². The topological polar surface area (TPSA) is 55.2 Å². The second-order valence-corrected chi connectivity index (χ2v) is 6.77. The lowest BCUT2D eigenvalue weighted by Crippen LogP contribution is -2.44. The zero-order chi connectivity index (χ0) is 16.0. The van der Waals surface area contributed by atoms with Gasteiger partial charge in [0.25, 0.3) is 0 Å². The fraction of sp³-hybridized carbons (Fsp3) is 0.500. The van der Waals surface area contributed by atoms with Crippen LogP contribution in [0, 0.1) is 5.92 Å². The van der Waals surface area contributed by atoms with Crippen LogP contribution in [-0.4, -0.2) is 32.9 Å². The first kappa shape index (κ1) is 14.4. The molecule has 0 N–H and O–H groups in total. The molecule has 4 rings (SSSR count). The molecule has 5 heteroatoms. The number of amides is 1. The summed E-state index contributed by atoms with van der Waals surface area (Å²) in [6.07, 6.45) is 13.3. The fourth-order valence-electron chi connectivity index (χ4n) is 3.70. The van der Waals surface area contributed by atoms with Gasteiger partial charge in [-0.05, 0) is 18.9 Å². The minimum Gasteiger partial charge on any atom is -0.338 e. The van der Waals surface area contributed by atoms with Crippen molar-refractivity contribution in [1.82, 2.24) is 14.7 Å². The average molecular weight is 311 g/mol. The molecule has 1 amide bonds. The van der Waals surface area contributed by atoms with Crippen molar-refractivity contribution in [2.75, 3.05) is 6.54 Å². The molecule has 2 heterocycles. The van der Waals surface area contributed by atoms with Crippen LogP contribution in [0.3, 0.4) is 0 Å². The molecule has 3 aliphatic rings. The number of carbonyl (C=O) groups excluding carboxylic acids is 2. The summed E-state index contributed by atoms with van der Waals surface area (Å²) in [5.41, 5.74) is 1.51. The van der Waals surface area contributed by atoms with E-state index in [1.165, 1.54) is 0 Å². The smallest absolute Gasteiger partial charge is 0.219 e. The van der Waals surface area contributed by atoms with Crippen LogP contribution in [0.5, 0.6) is 0 Å². The van der Waals surface area contributed by atoms with Gasteiger partial charge >= 0.3 is 0 Å². The summed E-state index contributed by atoms with van der Waals surface area (Å²) in [7, 11) is 0. The third kappa shape index (κ3) is 2.26. The molecule has 1 aliphatic heterocycles. The Morgan fingerprint density at radius 2 is 2.13 bits per heavy atom. The van der Waals surface area contributed by atoms with Crippen molar-refractivity contribution < 1.29 is 9.59 Å². The van der Waals surface area contributed by atoms with E-state index in [1.807, 2.05) is 34.0 Å². The number of rotatable bonds is 3. The quantitative estimate of drug-likeness (QED) is 0.857. The third-order valence-electron chi connectivity index (χ3n) is 5.18. The summed E-state index contributed by atoms with van der Waals surface area (Å²) in [5.74, 6) is 0.564. The Kier molecular flexibility index (Phi) is 3.25. The monoisotopic (exact) mass is 311 g/mol. The maximum atomic E-state index is 13.0. The van der Waals surface area contributed by atoms with Crippen LogP contribution in [0.15, 0.2) is 30.5 Å². The molecule has 2 aliphatic carbocycles. The lowest BCUT2D eigenvalue weighted by atomic mass is 9.84. The van der Waals surface area contributed by atoms with Crippen molar-refractivity contribution in [2.24, 2.45) is 5.92 Å². The van der Waals surface area contributed by atoms with Gasteiger partial charge < -0.3 is 4.90 Å². The van der Waals surface area contributed by atoms with E-state index in [2.05, 4.69) is 11.2 Å². The molecular formula is C18H21N3O2. The van der Waals surface area contributed by atoms with Gasteiger partial charge in [0.1, 0.15) is 5.54 Å². The van der Waals surface area contributed by atoms with Gasteiger partial charge in [0, 0.05) is 50.0 Å². The van der Waals surface area contributed by atoms with Gasteiger partial charge in [-0.2, -0.15) is 5.10 Å². The minimum atomic E-state index is -0.665. The highest BCUT2D eigenvalue weighted by atomic mass is 16.2. The number of fused-ring (bicyclic) bond motifs is 1. The Balaban J connectivity index is 1.74. The summed E-state index contributed by atoms with van der Waals surface area (Å²) in [5, 5.41) is 4.59. The number of aromatic nitrogens is 2. The van der Waals surface area contributed by atoms with Crippen LogP contribution in [0.2, 0.25) is 0 Å². The maximum absolute atomic E-state index is 13.0. The molecule has 5 nitrogen and oxygen atoms in total. The molecule has 0 radical (unpaired) electrons. The molecule has 0 bridgehead atoms. The largest absolute Gasteiger partial charge is 0.338 e. The first-order valence-corrected chi connectivity index (χ1v) is 8.32. The molecule has 1 fully saturated rings. The number of hydrogen-bond donors (Lipinski definition) is 0. The second kappa shape index (κ2) is 5.18. The Morgan fingerprint density at radius 3 is 2.78 bits per heavy atom. The highest BCUT2D eigenvalue weighted by Gasteiger charge is 2.47. The number of nitrogens with zero attached hydrogens (tertiary/aromatic N) is 3. The molecule has 1 unspecified atom stereocenters. The number of allylic oxidation sites excluding steroid dienone is 4. The minimum absolute atomic E-state index is 0.0904. The molecule has 1 saturated carbocycles. The van der Waals surface area contributed by atoms with Crippen molar-refractivity contribution in [3.8, 4) is 0 Å². The first-order chi connectivity index (χ1) is 11.1. The van der Waals surface area contributed by atoms with Crippen molar-refractivity contribution in [2.45, 2.75) is 44.7 Å². The van der Waals surface area contributed by atoms with Crippen molar-refractivity contribution in [1.29, 1.82) is 0 Å². The molecule has 23 heavy (non-hydrogen) atoms. The van der Waals surface area contributed by atoms with E-state index in [1.54, 1.807) is 6.92 Å². The second-order valence-electron chi connectivity index (χ2n) is 6.77. The van der Waals surface area contributed by atoms with Gasteiger partial charge in [0.2, 0.25) is 5.91 Å². The molecule has 0 spiro atoms. The fourth-order valence-corrected chi connectivity index (χ4v) is 3.70. The van der Waals surface area contributed by atoms with Gasteiger partial charge in [-0.15, -0.1) is 0 Å². The Labute approximate surface area is 135 Å². The van der Waals surface area contributed by atoms with Crippen molar-refractivity contribution in [3.63, 3.8) is 0 Å². The van der Waals surface area contributed by atoms with E-state index in [0.29, 0.717) is 19.5 Å². The van der Waals surface area contributed by atoms with Crippen LogP contribution >= 0.6 is 0 Å². The van der Waals surface area contributed by atoms with Gasteiger partial charge in [0.15, 0.2) is 5.78 Å². The van der Waals surface area contributed by atoms with E-state index >= 15 is 0 Å². The first-order valence-electron chi connectivity index (χ1n) is 8.32. The summed E-state index contributed by atoms with van der Waals surface area (Å²) in [6.45, 7) is 2.89. The summed E-state index contributed by atoms with van der Waals surface area (Å²) in [6, 6.07) is 0. The molecule has 1 aromatic heterocycles. The lowest BCUT2D eigenvalue weighted by molar-refractivity contribution is -0.130. The van der Waals surface area contributed by atoms with E-state index in [-0.39, 0.29) is 17.6 Å². The number of ketones is 1. The molecule has 120 valence electrons. The zero-order valence-corrected chi connectivity index (χ0v) is 13.4. The summed E-state index contributed by atoms with van der Waals surface area (Å²) >= 11 is 0. The Hall–Kier alpha value is -2.17. The van der Waals surface area contributed by atoms with Gasteiger partial charge in [-0.1, -0.05) is 18.2 Å². The lowest BCUT2D eigenvalue weighted by Gasteiger charge is -2.34. The van der Waals surface area contributed by atoms with E-state index in [9.17, 15) is 9.59 Å². The molecular weight excluding hydrogens is 290 g/mol. The molecule has 0 saturated heterocycles. The Bertz CT molecular complexity index is 727. The van der Waals surface area contributed by atoms with E-state index < -0.39 is 5.54 Å². The predicted molar refractivity (Wildman–Crippen MR) is 85.6 cm³/mol. The van der Waals surface area contributed by atoms with E-state index in [0.717, 1.165) is 30.5 Å².